The highest BCUT2D eigenvalue weighted by molar-refractivity contribution is 5.57. The first-order valence-corrected chi connectivity index (χ1v) is 7.25. The molecule has 0 aliphatic rings. The van der Waals surface area contributed by atoms with Crippen LogP contribution < -0.4 is 10.2 Å². The number of hydrogen-bond acceptors (Lipinski definition) is 2. The molecule has 102 valence electrons. The topological polar surface area (TPSA) is 15.3 Å². The van der Waals surface area contributed by atoms with Crippen molar-refractivity contribution in [1.29, 1.82) is 0 Å². The molecule has 0 saturated carbocycles. The zero-order chi connectivity index (χ0) is 13.2. The van der Waals surface area contributed by atoms with E-state index in [9.17, 15) is 0 Å². The molecule has 0 heterocycles. The summed E-state index contributed by atoms with van der Waals surface area (Å²) in [6, 6.07) is 8.59. The van der Waals surface area contributed by atoms with Crippen LogP contribution in [0.15, 0.2) is 24.3 Å². The van der Waals surface area contributed by atoms with E-state index in [2.05, 4.69) is 55.5 Å². The zero-order valence-corrected chi connectivity index (χ0v) is 12.2. The highest BCUT2D eigenvalue weighted by Crippen LogP contribution is 2.17. The van der Waals surface area contributed by atoms with E-state index in [1.54, 1.807) is 0 Å². The molecule has 1 aromatic carbocycles. The molecular formula is C16H28N2. The summed E-state index contributed by atoms with van der Waals surface area (Å²) in [5.41, 5.74) is 2.48. The highest BCUT2D eigenvalue weighted by Gasteiger charge is 1.97. The summed E-state index contributed by atoms with van der Waals surface area (Å²) < 4.78 is 0. The van der Waals surface area contributed by atoms with Crippen LogP contribution >= 0.6 is 0 Å². The number of benzene rings is 1. The molecule has 2 heteroatoms. The first-order valence-electron chi connectivity index (χ1n) is 7.25. The number of unbranched alkanes of at least 4 members (excludes halogenated alkanes) is 5. The molecule has 0 saturated heterocycles. The molecule has 18 heavy (non-hydrogen) atoms. The summed E-state index contributed by atoms with van der Waals surface area (Å²) >= 11 is 0. The zero-order valence-electron chi connectivity index (χ0n) is 12.2. The van der Waals surface area contributed by atoms with Gasteiger partial charge in [0.15, 0.2) is 0 Å². The van der Waals surface area contributed by atoms with Gasteiger partial charge in [0.1, 0.15) is 0 Å². The van der Waals surface area contributed by atoms with E-state index in [-0.39, 0.29) is 0 Å². The number of nitrogens with one attached hydrogen (secondary N) is 1. The van der Waals surface area contributed by atoms with Gasteiger partial charge in [-0.05, 0) is 24.6 Å². The molecule has 0 aromatic heterocycles. The van der Waals surface area contributed by atoms with E-state index < -0.39 is 0 Å². The maximum absolute atomic E-state index is 3.50. The van der Waals surface area contributed by atoms with Crippen LogP contribution in [0.2, 0.25) is 0 Å². The lowest BCUT2D eigenvalue weighted by Crippen LogP contribution is -2.09. The summed E-state index contributed by atoms with van der Waals surface area (Å²) in [4.78, 5) is 2.13. The molecule has 0 aliphatic heterocycles. The Labute approximate surface area is 112 Å². The Morgan fingerprint density at radius 1 is 1.00 bits per heavy atom. The molecule has 0 fully saturated rings. The number of nitrogens with zero attached hydrogens (tertiary/aromatic N) is 1. The van der Waals surface area contributed by atoms with Gasteiger partial charge in [0.25, 0.3) is 0 Å². The molecule has 2 nitrogen and oxygen atoms in total. The quantitative estimate of drug-likeness (QED) is 0.646. The fraction of sp³-hybridized carbons (Fsp3) is 0.625. The molecule has 0 bridgehead atoms. The summed E-state index contributed by atoms with van der Waals surface area (Å²) in [5, 5.41) is 3.50. The van der Waals surface area contributed by atoms with Crippen molar-refractivity contribution in [2.24, 2.45) is 0 Å². The smallest absolute Gasteiger partial charge is 0.0381 e. The Morgan fingerprint density at radius 3 is 2.44 bits per heavy atom. The third-order valence-electron chi connectivity index (χ3n) is 3.22. The van der Waals surface area contributed by atoms with Crippen molar-refractivity contribution in [1.82, 2.24) is 0 Å². The van der Waals surface area contributed by atoms with Crippen LogP contribution in [-0.2, 0) is 0 Å². The number of anilines is 2. The van der Waals surface area contributed by atoms with Gasteiger partial charge in [-0.1, -0.05) is 45.1 Å². The lowest BCUT2D eigenvalue weighted by atomic mass is 10.1. The van der Waals surface area contributed by atoms with E-state index >= 15 is 0 Å². The van der Waals surface area contributed by atoms with Crippen molar-refractivity contribution < 1.29 is 0 Å². The summed E-state index contributed by atoms with van der Waals surface area (Å²) in [6.45, 7) is 3.35. The van der Waals surface area contributed by atoms with Gasteiger partial charge in [0.05, 0.1) is 0 Å². The molecule has 0 aliphatic carbocycles. The second-order valence-corrected chi connectivity index (χ2v) is 5.14. The minimum Gasteiger partial charge on any atom is -0.385 e. The molecule has 0 spiro atoms. The van der Waals surface area contributed by atoms with Crippen molar-refractivity contribution in [3.8, 4) is 0 Å². The Bertz CT molecular complexity index is 321. The predicted molar refractivity (Wildman–Crippen MR) is 82.6 cm³/mol. The van der Waals surface area contributed by atoms with Crippen LogP contribution in [0.1, 0.15) is 45.4 Å². The van der Waals surface area contributed by atoms with Gasteiger partial charge < -0.3 is 10.2 Å². The van der Waals surface area contributed by atoms with Gasteiger partial charge in [-0.2, -0.15) is 0 Å². The van der Waals surface area contributed by atoms with Crippen LogP contribution in [0.4, 0.5) is 11.4 Å². The lowest BCUT2D eigenvalue weighted by molar-refractivity contribution is 0.617. The van der Waals surface area contributed by atoms with Crippen molar-refractivity contribution >= 4 is 11.4 Å². The SMILES string of the molecule is CCCCCCCCNc1cccc(N(C)C)c1. The van der Waals surface area contributed by atoms with Crippen molar-refractivity contribution in [2.75, 3.05) is 30.9 Å². The fourth-order valence-corrected chi connectivity index (χ4v) is 2.03. The van der Waals surface area contributed by atoms with Gasteiger partial charge in [-0.3, -0.25) is 0 Å². The Balaban J connectivity index is 2.17. The van der Waals surface area contributed by atoms with Crippen LogP contribution in [0.3, 0.4) is 0 Å². The molecule has 1 rings (SSSR count). The minimum atomic E-state index is 1.09. The average molecular weight is 248 g/mol. The maximum atomic E-state index is 3.50. The van der Waals surface area contributed by atoms with E-state index in [1.807, 2.05) is 0 Å². The van der Waals surface area contributed by atoms with Gasteiger partial charge in [0.2, 0.25) is 0 Å². The Hall–Kier alpha value is -1.18. The van der Waals surface area contributed by atoms with Crippen LogP contribution in [0.25, 0.3) is 0 Å². The molecule has 0 amide bonds. The predicted octanol–water partition coefficient (Wildman–Crippen LogP) is 4.53. The van der Waals surface area contributed by atoms with Crippen LogP contribution in [-0.4, -0.2) is 20.6 Å². The Morgan fingerprint density at radius 2 is 1.72 bits per heavy atom. The fourth-order valence-electron chi connectivity index (χ4n) is 2.03. The van der Waals surface area contributed by atoms with E-state index in [0.29, 0.717) is 0 Å². The second-order valence-electron chi connectivity index (χ2n) is 5.14. The monoisotopic (exact) mass is 248 g/mol. The molecule has 0 unspecified atom stereocenters. The van der Waals surface area contributed by atoms with E-state index in [1.165, 1.54) is 49.9 Å². The van der Waals surface area contributed by atoms with Crippen molar-refractivity contribution in [3.05, 3.63) is 24.3 Å². The third-order valence-corrected chi connectivity index (χ3v) is 3.22. The summed E-state index contributed by atoms with van der Waals surface area (Å²) in [5.74, 6) is 0. The van der Waals surface area contributed by atoms with E-state index in [0.717, 1.165) is 6.54 Å². The molecule has 0 radical (unpaired) electrons. The normalized spacial score (nSPS) is 10.4. The highest BCUT2D eigenvalue weighted by atomic mass is 15.1. The average Bonchev–Trinajstić information content (AvgIpc) is 2.38. The van der Waals surface area contributed by atoms with Crippen LogP contribution in [0, 0.1) is 0 Å². The first-order chi connectivity index (χ1) is 8.74. The molecular weight excluding hydrogens is 220 g/mol. The number of rotatable bonds is 9. The molecule has 0 atom stereocenters. The third kappa shape index (κ3) is 5.95. The lowest BCUT2D eigenvalue weighted by Gasteiger charge is -2.14. The van der Waals surface area contributed by atoms with Crippen LogP contribution in [0.5, 0.6) is 0 Å². The Kier molecular flexibility index (Phi) is 7.31. The van der Waals surface area contributed by atoms with Gasteiger partial charge in [0, 0.05) is 32.0 Å². The standard InChI is InChI=1S/C16H28N2/c1-4-5-6-7-8-9-13-17-15-11-10-12-16(14-15)18(2)3/h10-12,14,17H,4-9,13H2,1-3H3. The molecule has 1 aromatic rings. The summed E-state index contributed by atoms with van der Waals surface area (Å²) in [6.07, 6.45) is 8.12. The number of hydrogen-bond donors (Lipinski definition) is 1. The maximum Gasteiger partial charge on any atom is 0.0381 e. The van der Waals surface area contributed by atoms with Crippen molar-refractivity contribution in [3.63, 3.8) is 0 Å². The summed E-state index contributed by atoms with van der Waals surface area (Å²) in [7, 11) is 4.15. The first kappa shape index (κ1) is 14.9. The largest absolute Gasteiger partial charge is 0.385 e. The van der Waals surface area contributed by atoms with E-state index in [4.69, 9.17) is 0 Å². The van der Waals surface area contributed by atoms with Gasteiger partial charge >= 0.3 is 0 Å². The van der Waals surface area contributed by atoms with Gasteiger partial charge in [-0.15, -0.1) is 0 Å². The minimum absolute atomic E-state index is 1.09. The van der Waals surface area contributed by atoms with Gasteiger partial charge in [-0.25, -0.2) is 0 Å². The molecule has 1 N–H and O–H groups in total. The van der Waals surface area contributed by atoms with Crippen molar-refractivity contribution in [2.45, 2.75) is 45.4 Å². The second kappa shape index (κ2) is 8.84.